The molecule has 6 nitrogen and oxygen atoms in total. The molecule has 1 aromatic heterocycles. The Morgan fingerprint density at radius 3 is 2.73 bits per heavy atom. The fraction of sp³-hybridized carbons (Fsp3) is 0.316. The number of rotatable bonds is 5. The summed E-state index contributed by atoms with van der Waals surface area (Å²) < 4.78 is 31.0. The summed E-state index contributed by atoms with van der Waals surface area (Å²) in [6.45, 7) is 2.61. The molecule has 0 radical (unpaired) electrons. The van der Waals surface area contributed by atoms with E-state index < -0.39 is 9.84 Å². The zero-order chi connectivity index (χ0) is 18.1. The van der Waals surface area contributed by atoms with E-state index in [2.05, 4.69) is 20.9 Å². The smallest absolute Gasteiger partial charge is 0.175 e. The van der Waals surface area contributed by atoms with Gasteiger partial charge in [0, 0.05) is 19.3 Å². The van der Waals surface area contributed by atoms with Crippen molar-refractivity contribution in [3.05, 3.63) is 59.9 Å². The monoisotopic (exact) mass is 371 g/mol. The van der Waals surface area contributed by atoms with E-state index in [1.165, 1.54) is 6.26 Å². The van der Waals surface area contributed by atoms with Crippen molar-refractivity contribution in [2.45, 2.75) is 24.1 Å². The molecule has 26 heavy (non-hydrogen) atoms. The highest BCUT2D eigenvalue weighted by Gasteiger charge is 2.23. The molecule has 0 bridgehead atoms. The number of hydrogen-bond acceptors (Lipinski definition) is 5. The predicted molar refractivity (Wildman–Crippen MR) is 99.7 cm³/mol. The number of nitrogens with zero attached hydrogens (tertiary/aromatic N) is 2. The van der Waals surface area contributed by atoms with Crippen molar-refractivity contribution in [1.29, 1.82) is 0 Å². The van der Waals surface area contributed by atoms with Gasteiger partial charge in [-0.05, 0) is 29.8 Å². The number of para-hydroxylation sites is 2. The molecule has 1 aliphatic rings. The molecule has 0 aliphatic carbocycles. The zero-order valence-corrected chi connectivity index (χ0v) is 15.4. The third kappa shape index (κ3) is 3.38. The Kier molecular flexibility index (Phi) is 4.52. The van der Waals surface area contributed by atoms with Gasteiger partial charge in [-0.1, -0.05) is 24.3 Å². The van der Waals surface area contributed by atoms with Crippen LogP contribution in [-0.2, 0) is 27.7 Å². The second-order valence-electron chi connectivity index (χ2n) is 6.60. The second kappa shape index (κ2) is 6.83. The molecule has 0 fully saturated rings. The van der Waals surface area contributed by atoms with Crippen molar-refractivity contribution >= 4 is 20.9 Å². The molecule has 0 amide bonds. The molecule has 7 heteroatoms. The molecule has 1 aliphatic heterocycles. The van der Waals surface area contributed by atoms with Crippen LogP contribution in [0.25, 0.3) is 11.0 Å². The molecule has 136 valence electrons. The first-order chi connectivity index (χ1) is 12.5. The molecular weight excluding hydrogens is 350 g/mol. The summed E-state index contributed by atoms with van der Waals surface area (Å²) in [5.74, 6) is 0.960. The number of benzene rings is 2. The van der Waals surface area contributed by atoms with E-state index >= 15 is 0 Å². The van der Waals surface area contributed by atoms with Crippen LogP contribution in [-0.4, -0.2) is 37.4 Å². The van der Waals surface area contributed by atoms with Crippen molar-refractivity contribution in [2.24, 2.45) is 0 Å². The summed E-state index contributed by atoms with van der Waals surface area (Å²) in [7, 11) is -3.15. The maximum atomic E-state index is 11.5. The average Bonchev–Trinajstić information content (AvgIpc) is 3.01. The SMILES string of the molecule is CS(=O)(=O)c1ccc(CNCC2COCc3nc4ccccc4n32)cc1. The van der Waals surface area contributed by atoms with Crippen LogP contribution in [0, 0.1) is 0 Å². The van der Waals surface area contributed by atoms with Gasteiger partial charge in [0.1, 0.15) is 12.4 Å². The standard InChI is InChI=1S/C19H21N3O3S/c1-26(23,24)16-8-6-14(7-9-16)10-20-11-15-12-25-13-19-21-17-4-2-3-5-18(17)22(15)19/h2-9,15,20H,10-13H2,1H3. The number of imidazole rings is 1. The lowest BCUT2D eigenvalue weighted by atomic mass is 10.2. The van der Waals surface area contributed by atoms with E-state index in [0.29, 0.717) is 24.7 Å². The molecule has 1 atom stereocenters. The average molecular weight is 371 g/mol. The maximum absolute atomic E-state index is 11.5. The Bertz CT molecular complexity index is 1030. The lowest BCUT2D eigenvalue weighted by Crippen LogP contribution is -2.32. The minimum Gasteiger partial charge on any atom is -0.371 e. The van der Waals surface area contributed by atoms with Crippen LogP contribution in [0.4, 0.5) is 0 Å². The van der Waals surface area contributed by atoms with Gasteiger partial charge in [0.05, 0.1) is 28.6 Å². The lowest BCUT2D eigenvalue weighted by Gasteiger charge is -2.26. The Labute approximate surface area is 152 Å². The summed E-state index contributed by atoms with van der Waals surface area (Å²) in [5.41, 5.74) is 3.18. The lowest BCUT2D eigenvalue weighted by molar-refractivity contribution is 0.0564. The summed E-state index contributed by atoms with van der Waals surface area (Å²) in [5, 5.41) is 3.45. The van der Waals surface area contributed by atoms with Gasteiger partial charge < -0.3 is 14.6 Å². The van der Waals surface area contributed by atoms with Gasteiger partial charge in [-0.2, -0.15) is 0 Å². The Morgan fingerprint density at radius 2 is 1.96 bits per heavy atom. The number of fused-ring (bicyclic) bond motifs is 3. The van der Waals surface area contributed by atoms with Crippen LogP contribution in [0.15, 0.2) is 53.4 Å². The van der Waals surface area contributed by atoms with Gasteiger partial charge in [0.25, 0.3) is 0 Å². The van der Waals surface area contributed by atoms with Crippen LogP contribution >= 0.6 is 0 Å². The van der Waals surface area contributed by atoms with E-state index in [0.717, 1.165) is 29.0 Å². The van der Waals surface area contributed by atoms with E-state index in [1.807, 2.05) is 30.3 Å². The Balaban J connectivity index is 1.45. The Morgan fingerprint density at radius 1 is 1.19 bits per heavy atom. The first-order valence-electron chi connectivity index (χ1n) is 8.56. The van der Waals surface area contributed by atoms with Crippen LogP contribution in [0.2, 0.25) is 0 Å². The highest BCUT2D eigenvalue weighted by molar-refractivity contribution is 7.90. The Hall–Kier alpha value is -2.22. The normalized spacial score (nSPS) is 17.3. The number of sulfone groups is 1. The zero-order valence-electron chi connectivity index (χ0n) is 14.6. The quantitative estimate of drug-likeness (QED) is 0.745. The molecule has 3 aromatic rings. The summed E-state index contributed by atoms with van der Waals surface area (Å²) in [4.78, 5) is 5.00. The molecule has 2 aromatic carbocycles. The largest absolute Gasteiger partial charge is 0.371 e. The van der Waals surface area contributed by atoms with Crippen molar-refractivity contribution in [1.82, 2.24) is 14.9 Å². The van der Waals surface area contributed by atoms with Crippen LogP contribution < -0.4 is 5.32 Å². The first kappa shape index (κ1) is 17.2. The predicted octanol–water partition coefficient (Wildman–Crippen LogP) is 2.30. The molecule has 0 saturated heterocycles. The number of aromatic nitrogens is 2. The number of hydrogen-bond donors (Lipinski definition) is 1. The van der Waals surface area contributed by atoms with Crippen molar-refractivity contribution in [2.75, 3.05) is 19.4 Å². The molecule has 1 N–H and O–H groups in total. The number of nitrogens with one attached hydrogen (secondary N) is 1. The van der Waals surface area contributed by atoms with Crippen LogP contribution in [0.1, 0.15) is 17.4 Å². The number of ether oxygens (including phenoxy) is 1. The molecule has 0 spiro atoms. The molecule has 2 heterocycles. The first-order valence-corrected chi connectivity index (χ1v) is 10.4. The fourth-order valence-electron chi connectivity index (χ4n) is 3.35. The second-order valence-corrected chi connectivity index (χ2v) is 8.62. The third-order valence-electron chi connectivity index (χ3n) is 4.64. The summed E-state index contributed by atoms with van der Waals surface area (Å²) in [6.07, 6.45) is 1.22. The van der Waals surface area contributed by atoms with Crippen LogP contribution in [0.5, 0.6) is 0 Å². The maximum Gasteiger partial charge on any atom is 0.175 e. The molecule has 4 rings (SSSR count). The highest BCUT2D eigenvalue weighted by atomic mass is 32.2. The van der Waals surface area contributed by atoms with Gasteiger partial charge in [-0.15, -0.1) is 0 Å². The summed E-state index contributed by atoms with van der Waals surface area (Å²) >= 11 is 0. The van der Waals surface area contributed by atoms with E-state index in [9.17, 15) is 8.42 Å². The summed E-state index contributed by atoms with van der Waals surface area (Å²) in [6, 6.07) is 15.3. The van der Waals surface area contributed by atoms with Gasteiger partial charge in [-0.25, -0.2) is 13.4 Å². The van der Waals surface area contributed by atoms with Crippen LogP contribution in [0.3, 0.4) is 0 Å². The fourth-order valence-corrected chi connectivity index (χ4v) is 3.98. The van der Waals surface area contributed by atoms with E-state index in [-0.39, 0.29) is 6.04 Å². The minimum absolute atomic E-state index is 0.182. The van der Waals surface area contributed by atoms with Gasteiger partial charge in [-0.3, -0.25) is 0 Å². The highest BCUT2D eigenvalue weighted by Crippen LogP contribution is 2.25. The topological polar surface area (TPSA) is 73.2 Å². The van der Waals surface area contributed by atoms with Crippen molar-refractivity contribution in [3.8, 4) is 0 Å². The van der Waals surface area contributed by atoms with E-state index in [1.54, 1.807) is 12.1 Å². The van der Waals surface area contributed by atoms with Crippen molar-refractivity contribution < 1.29 is 13.2 Å². The minimum atomic E-state index is -3.15. The molecular formula is C19H21N3O3S. The third-order valence-corrected chi connectivity index (χ3v) is 5.76. The molecule has 1 unspecified atom stereocenters. The van der Waals surface area contributed by atoms with E-state index in [4.69, 9.17) is 4.74 Å². The van der Waals surface area contributed by atoms with Gasteiger partial charge in [0.15, 0.2) is 9.84 Å². The molecule has 0 saturated carbocycles. The van der Waals surface area contributed by atoms with Gasteiger partial charge >= 0.3 is 0 Å². The van der Waals surface area contributed by atoms with Gasteiger partial charge in [0.2, 0.25) is 0 Å². The van der Waals surface area contributed by atoms with Crippen molar-refractivity contribution in [3.63, 3.8) is 0 Å².